The quantitative estimate of drug-likeness (QED) is 0.0165. The summed E-state index contributed by atoms with van der Waals surface area (Å²) in [5, 5.41) is 21.5. The van der Waals surface area contributed by atoms with Crippen LogP contribution in [0.3, 0.4) is 0 Å². The van der Waals surface area contributed by atoms with Gasteiger partial charge in [0, 0.05) is 66.1 Å². The molecule has 0 bridgehead atoms. The molecule has 1 aromatic heterocycles. The minimum atomic E-state index is -1.70. The van der Waals surface area contributed by atoms with E-state index in [1.165, 1.54) is 9.47 Å². The maximum absolute atomic E-state index is 13.8. The summed E-state index contributed by atoms with van der Waals surface area (Å²) < 4.78 is 82.5. The number of nitrogens with one attached hydrogen (secondary N) is 1. The van der Waals surface area contributed by atoms with Gasteiger partial charge in [-0.15, -0.1) is 0 Å². The third kappa shape index (κ3) is 20.9. The molecule has 8 aromatic rings. The summed E-state index contributed by atoms with van der Waals surface area (Å²) in [6.07, 6.45) is -0.158. The van der Waals surface area contributed by atoms with Crippen LogP contribution in [-0.2, 0) is 57.8 Å². The van der Waals surface area contributed by atoms with Crippen LogP contribution in [0.15, 0.2) is 211 Å². The number of hydrogen-bond donors (Lipinski definition) is 1. The second kappa shape index (κ2) is 41.1. The molecule has 0 aliphatic carbocycles. The first-order chi connectivity index (χ1) is 55.0. The average molecular weight is 1590 g/mol. The lowest BCUT2D eigenvalue weighted by Gasteiger charge is -2.39. The number of amides is 2. The van der Waals surface area contributed by atoms with Crippen molar-refractivity contribution in [2.24, 2.45) is 0 Å². The summed E-state index contributed by atoms with van der Waals surface area (Å²) in [4.78, 5) is 58.3. The summed E-state index contributed by atoms with van der Waals surface area (Å²) in [7, 11) is 3.16. The fourth-order valence-corrected chi connectivity index (χ4v) is 17.8. The van der Waals surface area contributed by atoms with Crippen LogP contribution in [0.5, 0.6) is 23.0 Å². The van der Waals surface area contributed by atoms with Crippen LogP contribution in [-0.4, -0.2) is 151 Å². The number of methoxy groups -OCH3 is 4. The molecule has 1 N–H and O–H groups in total. The number of ketones is 1. The molecule has 2 fully saturated rings. The largest absolute Gasteiger partial charge is 0.497 e. The summed E-state index contributed by atoms with van der Waals surface area (Å²) in [5.74, 6) is 2.04. The highest BCUT2D eigenvalue weighted by Crippen LogP contribution is 2.53. The standard InChI is InChI=1S/C47H54N5O8P.C41H50N3O8P/c1-32(2)52(33(3)4)61(58-28-14-27-48)60-41-29-43(51-30-34(5)44(50-46(51)54)49-45(53)35-15-10-8-11-16-35)59-42(41)31-57-47(36-17-12-9-13-18-36,37-19-23-39(55-6)24-20-37)38-21-25-40(56-7)26-22-38;1-28(2)44(29(3)4)53(50-23-11-22-42)52-37-25-40(43-26-30(5)36(45)24-39(43)46)51-38(37)27-49-41(31-12-9-8-10-13-31,32-14-18-34(47-6)19-15-32)33-16-20-35(48-7)21-17-33/h8-13,15-26,30,32-33,41-43H,14,28-29,31H2,1-7H3,(H,49,50,53,54);8-10,12-21,26,28-29,37-38,40H,11,23-25,27H2,1-7H3/t41-,42+,43+,61?;37-,38+,40+,53?/m00/s1. The molecule has 2 amide bonds. The Bertz CT molecular complexity index is 4500. The molecule has 0 saturated carbocycles. The molecule has 2 saturated heterocycles. The molecule has 0 spiro atoms. The molecule has 3 aliphatic rings. The van der Waals surface area contributed by atoms with E-state index in [4.69, 9.17) is 56.0 Å². The van der Waals surface area contributed by atoms with E-state index in [1.54, 1.807) is 78.9 Å². The molecule has 3 aliphatic heterocycles. The monoisotopic (exact) mass is 1590 g/mol. The van der Waals surface area contributed by atoms with E-state index < -0.39 is 70.8 Å². The molecule has 2 unspecified atom stereocenters. The van der Waals surface area contributed by atoms with E-state index in [9.17, 15) is 29.7 Å². The summed E-state index contributed by atoms with van der Waals surface area (Å²) in [5.41, 5.74) is 3.77. The Balaban J connectivity index is 0.000000244. The van der Waals surface area contributed by atoms with Gasteiger partial charge in [0.25, 0.3) is 23.0 Å². The Hall–Kier alpha value is -9.59. The lowest BCUT2D eigenvalue weighted by Crippen LogP contribution is -2.41. The van der Waals surface area contributed by atoms with Gasteiger partial charge in [0.05, 0.1) is 98.5 Å². The Morgan fingerprint density at radius 3 is 1.26 bits per heavy atom. The number of allylic oxidation sites excluding steroid dienone is 1. The predicted octanol–water partition coefficient (Wildman–Crippen LogP) is 16.3. The number of nitriles is 2. The predicted molar refractivity (Wildman–Crippen MR) is 436 cm³/mol. The minimum absolute atomic E-state index is 0.0191. The van der Waals surface area contributed by atoms with E-state index in [0.29, 0.717) is 46.1 Å². The van der Waals surface area contributed by atoms with Crippen LogP contribution in [0.25, 0.3) is 0 Å². The van der Waals surface area contributed by atoms with Crippen molar-refractivity contribution in [3.63, 3.8) is 0 Å². The first-order valence-electron chi connectivity index (χ1n) is 38.3. The van der Waals surface area contributed by atoms with Gasteiger partial charge in [-0.25, -0.2) is 14.1 Å². The number of nitrogens with zero attached hydrogens (tertiary/aromatic N) is 7. The van der Waals surface area contributed by atoms with Gasteiger partial charge in [-0.3, -0.25) is 23.9 Å². The number of ether oxygens (including phenoxy) is 8. The molecule has 11 rings (SSSR count). The van der Waals surface area contributed by atoms with Crippen molar-refractivity contribution in [2.75, 3.05) is 60.2 Å². The van der Waals surface area contributed by atoms with Gasteiger partial charge < -0.3 is 61.3 Å². The number of carbonyl (C=O) groups excluding carboxylic acids is 3. The smallest absolute Gasteiger partial charge is 0.351 e. The fraction of sp³-hybridized carbons (Fsp3) is 0.398. The van der Waals surface area contributed by atoms with Crippen LogP contribution in [0, 0.1) is 29.6 Å². The van der Waals surface area contributed by atoms with Crippen molar-refractivity contribution < 1.29 is 70.4 Å². The second-order valence-corrected chi connectivity index (χ2v) is 31.6. The van der Waals surface area contributed by atoms with Crippen molar-refractivity contribution in [1.29, 1.82) is 10.5 Å². The highest BCUT2D eigenvalue weighted by Gasteiger charge is 2.49. The zero-order chi connectivity index (χ0) is 81.6. The van der Waals surface area contributed by atoms with Gasteiger partial charge in [-0.05, 0) is 163 Å². The average Bonchev–Trinajstić information content (AvgIpc) is 0.882. The third-order valence-corrected chi connectivity index (χ3v) is 24.1. The Labute approximate surface area is 671 Å². The molecule has 114 heavy (non-hydrogen) atoms. The van der Waals surface area contributed by atoms with E-state index in [2.05, 4.69) is 87.2 Å². The lowest BCUT2D eigenvalue weighted by atomic mass is 9.80. The van der Waals surface area contributed by atoms with Crippen molar-refractivity contribution in [1.82, 2.24) is 23.8 Å². The van der Waals surface area contributed by atoms with Crippen LogP contribution >= 0.6 is 17.1 Å². The van der Waals surface area contributed by atoms with Crippen LogP contribution in [0.4, 0.5) is 5.82 Å². The summed E-state index contributed by atoms with van der Waals surface area (Å²) in [6, 6.07) is 64.4. The van der Waals surface area contributed by atoms with Crippen LogP contribution in [0.2, 0.25) is 0 Å². The van der Waals surface area contributed by atoms with Crippen LogP contribution < -0.4 is 30.0 Å². The number of rotatable bonds is 36. The molecule has 4 heterocycles. The maximum Gasteiger partial charge on any atom is 0.351 e. The van der Waals surface area contributed by atoms with E-state index in [-0.39, 0.29) is 99.7 Å². The Morgan fingerprint density at radius 2 is 0.895 bits per heavy atom. The van der Waals surface area contributed by atoms with Gasteiger partial charge in [-0.1, -0.05) is 127 Å². The zero-order valence-electron chi connectivity index (χ0n) is 67.2. The van der Waals surface area contributed by atoms with Gasteiger partial charge in [0.1, 0.15) is 64.7 Å². The number of benzene rings is 7. The molecule has 0 radical (unpaired) electrons. The van der Waals surface area contributed by atoms with Crippen molar-refractivity contribution in [3.05, 3.63) is 261 Å². The molecular weight excluding hydrogens is 1490 g/mol. The Kier molecular flexibility index (Phi) is 31.3. The number of Topliss-reactive ketones (excluding diaryl/α,β-unsaturated/α-hetero) is 1. The highest BCUT2D eigenvalue weighted by atomic mass is 31.2. The minimum Gasteiger partial charge on any atom is -0.497 e. The SMILES string of the molecule is COc1ccc(C(OC[C@H]2O[C@@H](N3C=C(C)C(=O)CC3=O)C[C@@H]2OP(OCCC#N)N(C(C)C)C(C)C)(c2ccccc2)c2ccc(OC)cc2)cc1.COc1ccc(C(OC[C@H]2O[C@@H](n3cc(C)c(NC(=O)c4ccccc4)nc3=O)C[C@@H]2OP(OCCC#N)N(C(C)C)C(C)C)(c2ccccc2)c2ccc(OC)cc2)cc1. The van der Waals surface area contributed by atoms with Crippen molar-refractivity contribution in [3.8, 4) is 35.1 Å². The number of aromatic nitrogens is 2. The van der Waals surface area contributed by atoms with E-state index in [0.717, 1.165) is 33.4 Å². The number of anilines is 1. The van der Waals surface area contributed by atoms with Crippen molar-refractivity contribution in [2.45, 2.75) is 174 Å². The van der Waals surface area contributed by atoms with Gasteiger partial charge in [-0.2, -0.15) is 15.5 Å². The van der Waals surface area contributed by atoms with Crippen molar-refractivity contribution >= 4 is 40.5 Å². The number of carbonyl (C=O) groups is 3. The topological polar surface area (TPSA) is 266 Å². The van der Waals surface area contributed by atoms with Gasteiger partial charge in [0.15, 0.2) is 5.78 Å². The fourth-order valence-electron chi connectivity index (χ4n) is 14.3. The Morgan fingerprint density at radius 1 is 0.535 bits per heavy atom. The number of hydrogen-bond acceptors (Lipinski definition) is 21. The molecule has 24 nitrogen and oxygen atoms in total. The number of aryl methyl sites for hydroxylation is 1. The first-order valence-corrected chi connectivity index (χ1v) is 40.5. The molecular formula is C88H104N8O16P2. The molecule has 7 aromatic carbocycles. The maximum atomic E-state index is 13.8. The van der Waals surface area contributed by atoms with E-state index in [1.807, 2.05) is 164 Å². The normalized spacial score (nSPS) is 18.3. The summed E-state index contributed by atoms with van der Waals surface area (Å²) >= 11 is 0. The molecule has 602 valence electrons. The lowest BCUT2D eigenvalue weighted by molar-refractivity contribution is -0.147. The third-order valence-electron chi connectivity index (χ3n) is 19.8. The van der Waals surface area contributed by atoms with E-state index >= 15 is 0 Å². The van der Waals surface area contributed by atoms with Gasteiger partial charge >= 0.3 is 5.69 Å². The first kappa shape index (κ1) is 86.8. The second-order valence-electron chi connectivity index (χ2n) is 28.7. The molecule has 8 atom stereocenters. The van der Waals surface area contributed by atoms with Crippen LogP contribution in [0.1, 0.15) is 150 Å². The highest BCUT2D eigenvalue weighted by molar-refractivity contribution is 7.44. The van der Waals surface area contributed by atoms with Gasteiger partial charge in [0.2, 0.25) is 5.91 Å². The zero-order valence-corrected chi connectivity index (χ0v) is 69.0. The molecule has 26 heteroatoms. The summed E-state index contributed by atoms with van der Waals surface area (Å²) in [6.45, 7) is 20.6.